The first kappa shape index (κ1) is 14.8. The van der Waals surface area contributed by atoms with E-state index in [9.17, 15) is 4.39 Å². The Morgan fingerprint density at radius 1 is 1.09 bits per heavy atom. The van der Waals surface area contributed by atoms with E-state index in [1.807, 2.05) is 31.2 Å². The van der Waals surface area contributed by atoms with Gasteiger partial charge in [0.15, 0.2) is 0 Å². The zero-order chi connectivity index (χ0) is 15.5. The molecule has 0 unspecified atom stereocenters. The summed E-state index contributed by atoms with van der Waals surface area (Å²) in [6.07, 6.45) is 1.79. The van der Waals surface area contributed by atoms with Crippen LogP contribution in [0.15, 0.2) is 36.5 Å². The quantitative estimate of drug-likeness (QED) is 0.944. The van der Waals surface area contributed by atoms with Crippen LogP contribution in [-0.2, 0) is 0 Å². The third kappa shape index (κ3) is 3.36. The van der Waals surface area contributed by atoms with Gasteiger partial charge in [0.25, 0.3) is 0 Å². The summed E-state index contributed by atoms with van der Waals surface area (Å²) < 4.78 is 14.4. The van der Waals surface area contributed by atoms with Crippen molar-refractivity contribution in [3.63, 3.8) is 0 Å². The zero-order valence-electron chi connectivity index (χ0n) is 13.0. The van der Waals surface area contributed by atoms with Gasteiger partial charge in [-0.05, 0) is 43.8 Å². The van der Waals surface area contributed by atoms with E-state index in [1.165, 1.54) is 6.07 Å². The number of hydrogen-bond acceptors (Lipinski definition) is 4. The van der Waals surface area contributed by atoms with Gasteiger partial charge in [0, 0.05) is 38.1 Å². The van der Waals surface area contributed by atoms with Crippen LogP contribution in [0.1, 0.15) is 5.56 Å². The normalized spacial score (nSPS) is 15.9. The molecule has 0 spiro atoms. The molecule has 1 aliphatic rings. The predicted molar refractivity (Wildman–Crippen MR) is 88.4 cm³/mol. The molecule has 1 N–H and O–H groups in total. The van der Waals surface area contributed by atoms with E-state index < -0.39 is 0 Å². The fourth-order valence-corrected chi connectivity index (χ4v) is 2.58. The molecule has 1 fully saturated rings. The summed E-state index contributed by atoms with van der Waals surface area (Å²) in [7, 11) is 2.09. The number of rotatable bonds is 3. The number of benzene rings is 1. The lowest BCUT2D eigenvalue weighted by molar-refractivity contribution is 0.311. The summed E-state index contributed by atoms with van der Waals surface area (Å²) in [5, 5.41) is 3.13. The van der Waals surface area contributed by atoms with Crippen LogP contribution < -0.4 is 10.2 Å². The maximum Gasteiger partial charge on any atom is 0.148 e. The van der Waals surface area contributed by atoms with Crippen LogP contribution in [0.4, 0.5) is 21.6 Å². The van der Waals surface area contributed by atoms with Crippen LogP contribution in [0.3, 0.4) is 0 Å². The van der Waals surface area contributed by atoms with Crippen LogP contribution in [0.5, 0.6) is 0 Å². The minimum Gasteiger partial charge on any atom is -0.367 e. The summed E-state index contributed by atoms with van der Waals surface area (Å²) in [4.78, 5) is 8.63. The number of nitrogens with zero attached hydrogens (tertiary/aromatic N) is 3. The Morgan fingerprint density at radius 3 is 2.50 bits per heavy atom. The van der Waals surface area contributed by atoms with Gasteiger partial charge >= 0.3 is 0 Å². The smallest absolute Gasteiger partial charge is 0.148 e. The van der Waals surface area contributed by atoms with E-state index in [2.05, 4.69) is 27.1 Å². The Labute approximate surface area is 130 Å². The molecular weight excluding hydrogens is 279 g/mol. The fraction of sp³-hybridized carbons (Fsp3) is 0.353. The SMILES string of the molecule is Cc1ccc(Nc2ccc(N3CCN(C)CC3)c(F)c2)nc1. The van der Waals surface area contributed by atoms with Crippen molar-refractivity contribution in [3.8, 4) is 0 Å². The average Bonchev–Trinajstić information content (AvgIpc) is 2.51. The number of anilines is 3. The highest BCUT2D eigenvalue weighted by molar-refractivity contribution is 5.61. The third-order valence-corrected chi connectivity index (χ3v) is 3.98. The van der Waals surface area contributed by atoms with Crippen LogP contribution in [0, 0.1) is 12.7 Å². The van der Waals surface area contributed by atoms with Crippen LogP contribution in [0.25, 0.3) is 0 Å². The highest BCUT2D eigenvalue weighted by Gasteiger charge is 2.17. The van der Waals surface area contributed by atoms with Crippen molar-refractivity contribution < 1.29 is 4.39 Å². The lowest BCUT2D eigenvalue weighted by Crippen LogP contribution is -2.44. The number of nitrogens with one attached hydrogen (secondary N) is 1. The van der Waals surface area contributed by atoms with Crippen molar-refractivity contribution in [2.75, 3.05) is 43.4 Å². The van der Waals surface area contributed by atoms with Gasteiger partial charge in [-0.1, -0.05) is 6.07 Å². The molecule has 22 heavy (non-hydrogen) atoms. The maximum atomic E-state index is 14.4. The van der Waals surface area contributed by atoms with Crippen LogP contribution in [0.2, 0.25) is 0 Å². The Morgan fingerprint density at radius 2 is 1.86 bits per heavy atom. The summed E-state index contributed by atoms with van der Waals surface area (Å²) in [6.45, 7) is 5.64. The summed E-state index contributed by atoms with van der Waals surface area (Å²) in [5.41, 5.74) is 2.49. The number of halogens is 1. The molecule has 4 nitrogen and oxygen atoms in total. The van der Waals surface area contributed by atoms with E-state index in [-0.39, 0.29) is 5.82 Å². The molecule has 1 aromatic heterocycles. The van der Waals surface area contributed by atoms with Crippen molar-refractivity contribution in [3.05, 3.63) is 47.9 Å². The minimum atomic E-state index is -0.193. The van der Waals surface area contributed by atoms with Crippen LogP contribution >= 0.6 is 0 Å². The lowest BCUT2D eigenvalue weighted by atomic mass is 10.2. The molecule has 5 heteroatoms. The molecule has 0 bridgehead atoms. The van der Waals surface area contributed by atoms with E-state index in [0.29, 0.717) is 11.4 Å². The van der Waals surface area contributed by atoms with Gasteiger partial charge in [-0.2, -0.15) is 0 Å². The number of likely N-dealkylation sites (N-methyl/N-ethyl adjacent to an activating group) is 1. The molecule has 1 aliphatic heterocycles. The van der Waals surface area contributed by atoms with E-state index in [4.69, 9.17) is 0 Å². The minimum absolute atomic E-state index is 0.193. The molecule has 1 aromatic carbocycles. The molecule has 3 rings (SSSR count). The number of aromatic nitrogens is 1. The number of aryl methyl sites for hydroxylation is 1. The van der Waals surface area contributed by atoms with Crippen molar-refractivity contribution in [1.29, 1.82) is 0 Å². The first-order chi connectivity index (χ1) is 10.6. The highest BCUT2D eigenvalue weighted by atomic mass is 19.1. The molecule has 0 radical (unpaired) electrons. The second kappa shape index (κ2) is 6.32. The molecule has 0 saturated carbocycles. The lowest BCUT2D eigenvalue weighted by Gasteiger charge is -2.34. The van der Waals surface area contributed by atoms with E-state index >= 15 is 0 Å². The first-order valence-corrected chi connectivity index (χ1v) is 7.54. The van der Waals surface area contributed by atoms with Gasteiger partial charge in [-0.15, -0.1) is 0 Å². The summed E-state index contributed by atoms with van der Waals surface area (Å²) in [6, 6.07) is 9.15. The monoisotopic (exact) mass is 300 g/mol. The fourth-order valence-electron chi connectivity index (χ4n) is 2.58. The summed E-state index contributed by atoms with van der Waals surface area (Å²) in [5.74, 6) is 0.527. The number of pyridine rings is 1. The van der Waals surface area contributed by atoms with Gasteiger partial charge in [0.2, 0.25) is 0 Å². The van der Waals surface area contributed by atoms with Gasteiger partial charge in [-0.25, -0.2) is 9.37 Å². The average molecular weight is 300 g/mol. The Balaban J connectivity index is 1.73. The van der Waals surface area contributed by atoms with Gasteiger partial charge < -0.3 is 15.1 Å². The van der Waals surface area contributed by atoms with Crippen molar-refractivity contribution in [2.45, 2.75) is 6.92 Å². The van der Waals surface area contributed by atoms with Crippen molar-refractivity contribution in [1.82, 2.24) is 9.88 Å². The molecule has 1 saturated heterocycles. The second-order valence-electron chi connectivity index (χ2n) is 5.80. The molecule has 0 aliphatic carbocycles. The Kier molecular flexibility index (Phi) is 4.24. The number of piperazine rings is 1. The zero-order valence-corrected chi connectivity index (χ0v) is 13.0. The van der Waals surface area contributed by atoms with Gasteiger partial charge in [0.1, 0.15) is 11.6 Å². The molecule has 2 heterocycles. The van der Waals surface area contributed by atoms with E-state index in [0.717, 1.165) is 37.6 Å². The van der Waals surface area contributed by atoms with E-state index in [1.54, 1.807) is 6.20 Å². The van der Waals surface area contributed by atoms with Crippen LogP contribution in [-0.4, -0.2) is 43.1 Å². The summed E-state index contributed by atoms with van der Waals surface area (Å²) >= 11 is 0. The molecule has 2 aromatic rings. The van der Waals surface area contributed by atoms with Gasteiger partial charge in [0.05, 0.1) is 5.69 Å². The highest BCUT2D eigenvalue weighted by Crippen LogP contribution is 2.25. The van der Waals surface area contributed by atoms with Gasteiger partial charge in [-0.3, -0.25) is 0 Å². The van der Waals surface area contributed by atoms with Crippen molar-refractivity contribution >= 4 is 17.2 Å². The largest absolute Gasteiger partial charge is 0.367 e. The topological polar surface area (TPSA) is 31.4 Å². The Hall–Kier alpha value is -2.14. The Bertz CT molecular complexity index is 634. The first-order valence-electron chi connectivity index (χ1n) is 7.54. The second-order valence-corrected chi connectivity index (χ2v) is 5.80. The third-order valence-electron chi connectivity index (χ3n) is 3.98. The number of hydrogen-bond donors (Lipinski definition) is 1. The molecule has 116 valence electrons. The predicted octanol–water partition coefficient (Wildman–Crippen LogP) is 3.02. The molecular formula is C17H21FN4. The van der Waals surface area contributed by atoms with Crippen molar-refractivity contribution in [2.24, 2.45) is 0 Å². The molecule has 0 atom stereocenters. The maximum absolute atomic E-state index is 14.4. The molecule has 0 amide bonds. The standard InChI is InChI=1S/C17H21FN4/c1-13-3-6-17(19-12-13)20-14-4-5-16(15(18)11-14)22-9-7-21(2)8-10-22/h3-6,11-12H,7-10H2,1-2H3,(H,19,20).